The van der Waals surface area contributed by atoms with E-state index >= 15 is 0 Å². The molecule has 2 aromatic rings. The van der Waals surface area contributed by atoms with Gasteiger partial charge in [-0.3, -0.25) is 0 Å². The van der Waals surface area contributed by atoms with Gasteiger partial charge in [-0.25, -0.2) is 8.42 Å². The van der Waals surface area contributed by atoms with E-state index < -0.39 is 26.5 Å². The maximum absolute atomic E-state index is 12.7. The number of hydrogen-bond donors (Lipinski definition) is 0. The fraction of sp³-hybridized carbons (Fsp3) is 0.0625. The highest BCUT2D eigenvalue weighted by molar-refractivity contribution is 7.95. The highest BCUT2D eigenvalue weighted by atomic mass is 32.2. The smallest absolute Gasteiger partial charge is 0.218 e. The van der Waals surface area contributed by atoms with Crippen LogP contribution in [0.4, 0.5) is 13.2 Å². The fourth-order valence-corrected chi connectivity index (χ4v) is 3.03. The molecule has 2 rings (SSSR count). The lowest BCUT2D eigenvalue weighted by atomic mass is 10.1. The van der Waals surface area contributed by atoms with Gasteiger partial charge in [0.05, 0.1) is 10.5 Å². The first-order chi connectivity index (χ1) is 10.7. The van der Waals surface area contributed by atoms with Gasteiger partial charge in [0.15, 0.2) is 0 Å². The van der Waals surface area contributed by atoms with Crippen LogP contribution in [0.3, 0.4) is 0 Å². The standard InChI is InChI=1S/C16H10F3NO2S/c17-16(18,19)13-6-4-5-12(9-13)10-15(11-20)23(21,22)14-7-2-1-3-8-14/h1-10H. The summed E-state index contributed by atoms with van der Waals surface area (Å²) in [5.41, 5.74) is -0.934. The Bertz CT molecular complexity index is 880. The number of nitrogens with zero attached hydrogens (tertiary/aromatic N) is 1. The van der Waals surface area contributed by atoms with E-state index in [0.29, 0.717) is 0 Å². The van der Waals surface area contributed by atoms with Crippen molar-refractivity contribution in [3.63, 3.8) is 0 Å². The minimum Gasteiger partial charge on any atom is -0.218 e. The second kappa shape index (κ2) is 6.26. The van der Waals surface area contributed by atoms with Crippen LogP contribution in [-0.4, -0.2) is 8.42 Å². The van der Waals surface area contributed by atoms with Gasteiger partial charge in [-0.2, -0.15) is 18.4 Å². The Morgan fingerprint density at radius 2 is 1.70 bits per heavy atom. The molecule has 0 fully saturated rings. The van der Waals surface area contributed by atoms with Gasteiger partial charge in [-0.1, -0.05) is 30.3 Å². The molecule has 0 N–H and O–H groups in total. The van der Waals surface area contributed by atoms with Crippen molar-refractivity contribution in [2.24, 2.45) is 0 Å². The predicted molar refractivity (Wildman–Crippen MR) is 78.7 cm³/mol. The number of nitriles is 1. The molecule has 0 heterocycles. The predicted octanol–water partition coefficient (Wildman–Crippen LogP) is 4.04. The number of sulfone groups is 1. The lowest BCUT2D eigenvalue weighted by molar-refractivity contribution is -0.137. The lowest BCUT2D eigenvalue weighted by Gasteiger charge is -2.07. The molecular formula is C16H10F3NO2S. The van der Waals surface area contributed by atoms with E-state index in [1.807, 2.05) is 0 Å². The summed E-state index contributed by atoms with van der Waals surface area (Å²) in [5, 5.41) is 9.09. The Balaban J connectivity index is 2.51. The molecule has 0 aliphatic carbocycles. The highest BCUT2D eigenvalue weighted by Gasteiger charge is 2.30. The van der Waals surface area contributed by atoms with Crippen molar-refractivity contribution in [3.8, 4) is 6.07 Å². The Hall–Kier alpha value is -2.59. The first kappa shape index (κ1) is 16.8. The number of benzene rings is 2. The SMILES string of the molecule is N#CC(=Cc1cccc(C(F)(F)F)c1)S(=O)(=O)c1ccccc1. The molecule has 0 amide bonds. The molecule has 7 heteroatoms. The van der Waals surface area contributed by atoms with Crippen molar-refractivity contribution < 1.29 is 21.6 Å². The van der Waals surface area contributed by atoms with Crippen molar-refractivity contribution in [2.45, 2.75) is 11.1 Å². The lowest BCUT2D eigenvalue weighted by Crippen LogP contribution is -2.05. The minimum atomic E-state index is -4.55. The molecule has 0 aromatic heterocycles. The van der Waals surface area contributed by atoms with Gasteiger partial charge in [0.25, 0.3) is 0 Å². The molecule has 2 aromatic carbocycles. The van der Waals surface area contributed by atoms with Crippen LogP contribution in [0.1, 0.15) is 11.1 Å². The van der Waals surface area contributed by atoms with Crippen molar-refractivity contribution in [1.29, 1.82) is 5.26 Å². The summed E-state index contributed by atoms with van der Waals surface area (Å²) in [5.74, 6) is 0. The van der Waals surface area contributed by atoms with Gasteiger partial charge < -0.3 is 0 Å². The van der Waals surface area contributed by atoms with Crippen LogP contribution in [0, 0.1) is 11.3 Å². The van der Waals surface area contributed by atoms with Crippen molar-refractivity contribution >= 4 is 15.9 Å². The molecule has 0 radical (unpaired) electrons. The first-order valence-corrected chi connectivity index (χ1v) is 7.82. The molecule has 0 unspecified atom stereocenters. The van der Waals surface area contributed by atoms with E-state index in [4.69, 9.17) is 5.26 Å². The topological polar surface area (TPSA) is 57.9 Å². The molecule has 118 valence electrons. The van der Waals surface area contributed by atoms with Gasteiger partial charge in [0, 0.05) is 0 Å². The van der Waals surface area contributed by atoms with Crippen molar-refractivity contribution in [2.75, 3.05) is 0 Å². The molecule has 0 spiro atoms. The van der Waals surface area contributed by atoms with Crippen LogP contribution in [0.5, 0.6) is 0 Å². The maximum atomic E-state index is 12.7. The number of allylic oxidation sites excluding steroid dienone is 1. The zero-order valence-electron chi connectivity index (χ0n) is 11.6. The third-order valence-electron chi connectivity index (χ3n) is 2.96. The zero-order valence-corrected chi connectivity index (χ0v) is 12.4. The third kappa shape index (κ3) is 3.79. The van der Waals surface area contributed by atoms with Crippen LogP contribution >= 0.6 is 0 Å². The number of alkyl halides is 3. The van der Waals surface area contributed by atoms with Gasteiger partial charge in [0.1, 0.15) is 11.0 Å². The summed E-state index contributed by atoms with van der Waals surface area (Å²) in [4.78, 5) is -0.720. The Morgan fingerprint density at radius 1 is 1.04 bits per heavy atom. The van der Waals surface area contributed by atoms with E-state index in [1.54, 1.807) is 6.07 Å². The molecule has 0 saturated carbocycles. The second-order valence-corrected chi connectivity index (χ2v) is 6.48. The highest BCUT2D eigenvalue weighted by Crippen LogP contribution is 2.30. The quantitative estimate of drug-likeness (QED) is 0.794. The Labute approximate surface area is 131 Å². The summed E-state index contributed by atoms with van der Waals surface area (Å²) in [6.07, 6.45) is -3.62. The summed E-state index contributed by atoms with van der Waals surface area (Å²) in [6.45, 7) is 0. The van der Waals surface area contributed by atoms with Crippen LogP contribution in [0.25, 0.3) is 6.08 Å². The monoisotopic (exact) mass is 337 g/mol. The second-order valence-electron chi connectivity index (χ2n) is 4.56. The first-order valence-electron chi connectivity index (χ1n) is 6.34. The molecule has 3 nitrogen and oxygen atoms in total. The molecule has 0 saturated heterocycles. The molecule has 0 aliphatic rings. The van der Waals surface area contributed by atoms with Crippen molar-refractivity contribution in [1.82, 2.24) is 0 Å². The maximum Gasteiger partial charge on any atom is 0.416 e. The van der Waals surface area contributed by atoms with Gasteiger partial charge >= 0.3 is 6.18 Å². The summed E-state index contributed by atoms with van der Waals surface area (Å²) < 4.78 is 62.7. The van der Waals surface area contributed by atoms with E-state index in [0.717, 1.165) is 24.3 Å². The Kier molecular flexibility index (Phi) is 4.57. The largest absolute Gasteiger partial charge is 0.416 e. The molecular weight excluding hydrogens is 327 g/mol. The summed E-state index contributed by atoms with van der Waals surface area (Å²) >= 11 is 0. The third-order valence-corrected chi connectivity index (χ3v) is 4.65. The van der Waals surface area contributed by atoms with E-state index in [2.05, 4.69) is 0 Å². The van der Waals surface area contributed by atoms with Gasteiger partial charge in [0.2, 0.25) is 9.84 Å². The van der Waals surface area contributed by atoms with Crippen LogP contribution in [0.15, 0.2) is 64.4 Å². The van der Waals surface area contributed by atoms with E-state index in [9.17, 15) is 21.6 Å². The number of rotatable bonds is 3. The van der Waals surface area contributed by atoms with Crippen LogP contribution in [0.2, 0.25) is 0 Å². The van der Waals surface area contributed by atoms with Crippen molar-refractivity contribution in [3.05, 3.63) is 70.6 Å². The van der Waals surface area contributed by atoms with Gasteiger partial charge in [-0.15, -0.1) is 0 Å². The average molecular weight is 337 g/mol. The minimum absolute atomic E-state index is 0.0177. The normalized spacial score (nSPS) is 12.7. The summed E-state index contributed by atoms with van der Waals surface area (Å²) in [6, 6.07) is 12.9. The molecule has 23 heavy (non-hydrogen) atoms. The van der Waals surface area contributed by atoms with Gasteiger partial charge in [-0.05, 0) is 35.9 Å². The van der Waals surface area contributed by atoms with Crippen LogP contribution in [-0.2, 0) is 16.0 Å². The fourth-order valence-electron chi connectivity index (χ4n) is 1.85. The molecule has 0 atom stereocenters. The van der Waals surface area contributed by atoms with E-state index in [-0.39, 0.29) is 10.5 Å². The zero-order chi connectivity index (χ0) is 17.1. The molecule has 0 bridgehead atoms. The Morgan fingerprint density at radius 3 is 2.26 bits per heavy atom. The van der Waals surface area contributed by atoms with Crippen LogP contribution < -0.4 is 0 Å². The summed E-state index contributed by atoms with van der Waals surface area (Å²) in [7, 11) is -4.08. The molecule has 0 aliphatic heterocycles. The number of halogens is 3. The average Bonchev–Trinajstić information content (AvgIpc) is 2.52. The number of hydrogen-bond acceptors (Lipinski definition) is 3. The van der Waals surface area contributed by atoms with E-state index in [1.165, 1.54) is 36.4 Å².